The van der Waals surface area contributed by atoms with E-state index in [0.29, 0.717) is 12.8 Å². The fourth-order valence-corrected chi connectivity index (χ4v) is 3.42. The molecule has 7 heteroatoms. The van der Waals surface area contributed by atoms with Crippen LogP contribution in [0.2, 0.25) is 0 Å². The van der Waals surface area contributed by atoms with E-state index in [1.54, 1.807) is 6.07 Å². The second kappa shape index (κ2) is 4.39. The number of nitrogens with zero attached hydrogens (tertiary/aromatic N) is 2. The van der Waals surface area contributed by atoms with E-state index in [9.17, 15) is 13.2 Å². The third kappa shape index (κ3) is 2.18. The Morgan fingerprint density at radius 1 is 1.56 bits per heavy atom. The molecule has 0 radical (unpaired) electrons. The first-order valence-electron chi connectivity index (χ1n) is 4.95. The van der Waals surface area contributed by atoms with Crippen LogP contribution in [-0.2, 0) is 14.8 Å². The predicted octanol–water partition coefficient (Wildman–Crippen LogP) is 0.169. The van der Waals surface area contributed by atoms with Crippen molar-refractivity contribution in [3.8, 4) is 6.07 Å². The molecule has 1 heterocycles. The van der Waals surface area contributed by atoms with Crippen molar-refractivity contribution in [3.05, 3.63) is 0 Å². The van der Waals surface area contributed by atoms with E-state index in [2.05, 4.69) is 0 Å². The second-order valence-corrected chi connectivity index (χ2v) is 5.92. The van der Waals surface area contributed by atoms with Gasteiger partial charge in [0, 0.05) is 6.54 Å². The molecule has 0 amide bonds. The fourth-order valence-electron chi connectivity index (χ4n) is 1.92. The van der Waals surface area contributed by atoms with Gasteiger partial charge in [-0.15, -0.1) is 0 Å². The molecular weight excluding hydrogens is 232 g/mol. The van der Waals surface area contributed by atoms with Crippen molar-refractivity contribution in [2.75, 3.05) is 12.3 Å². The van der Waals surface area contributed by atoms with Crippen molar-refractivity contribution in [1.82, 2.24) is 4.31 Å². The Labute approximate surface area is 94.5 Å². The average Bonchev–Trinajstić information content (AvgIpc) is 2.17. The molecule has 0 spiro atoms. The molecule has 0 bridgehead atoms. The standard InChI is InChI=1S/C9H14N2O4S/c1-9(8(12)13)4-2-3-6-11(9)16(14,15)7-5-10/h2-4,6-7H2,1H3,(H,12,13). The summed E-state index contributed by atoms with van der Waals surface area (Å²) in [4.78, 5) is 11.1. The molecule has 0 saturated carbocycles. The van der Waals surface area contributed by atoms with Crippen LogP contribution in [0.15, 0.2) is 0 Å². The van der Waals surface area contributed by atoms with Gasteiger partial charge in [-0.05, 0) is 26.2 Å². The topological polar surface area (TPSA) is 98.5 Å². The molecule has 6 nitrogen and oxygen atoms in total. The van der Waals surface area contributed by atoms with Crippen molar-refractivity contribution in [1.29, 1.82) is 5.26 Å². The summed E-state index contributed by atoms with van der Waals surface area (Å²) >= 11 is 0. The zero-order valence-corrected chi connectivity index (χ0v) is 9.83. The maximum Gasteiger partial charge on any atom is 0.324 e. The summed E-state index contributed by atoms with van der Waals surface area (Å²) in [6.07, 6.45) is 1.60. The molecule has 90 valence electrons. The smallest absolute Gasteiger partial charge is 0.324 e. The zero-order chi connectivity index (χ0) is 12.4. The van der Waals surface area contributed by atoms with Gasteiger partial charge in [0.15, 0.2) is 5.75 Å². The van der Waals surface area contributed by atoms with Crippen LogP contribution in [0.5, 0.6) is 0 Å². The van der Waals surface area contributed by atoms with Crippen LogP contribution in [0.4, 0.5) is 0 Å². The number of carboxylic acids is 1. The monoisotopic (exact) mass is 246 g/mol. The fraction of sp³-hybridized carbons (Fsp3) is 0.778. The summed E-state index contributed by atoms with van der Waals surface area (Å²) in [5.41, 5.74) is -1.41. The van der Waals surface area contributed by atoms with Crippen LogP contribution < -0.4 is 0 Å². The highest BCUT2D eigenvalue weighted by Gasteiger charge is 2.47. The van der Waals surface area contributed by atoms with Gasteiger partial charge in [0.05, 0.1) is 6.07 Å². The maximum absolute atomic E-state index is 11.7. The van der Waals surface area contributed by atoms with E-state index in [1.807, 2.05) is 0 Å². The van der Waals surface area contributed by atoms with Crippen molar-refractivity contribution in [3.63, 3.8) is 0 Å². The summed E-state index contributed by atoms with van der Waals surface area (Å²) in [5, 5.41) is 17.5. The van der Waals surface area contributed by atoms with Gasteiger partial charge in [-0.1, -0.05) is 0 Å². The Bertz CT molecular complexity index is 425. The van der Waals surface area contributed by atoms with Crippen molar-refractivity contribution < 1.29 is 18.3 Å². The third-order valence-electron chi connectivity index (χ3n) is 2.87. The number of piperidine rings is 1. The Hall–Kier alpha value is -1.13. The minimum atomic E-state index is -3.79. The Morgan fingerprint density at radius 3 is 2.69 bits per heavy atom. The van der Waals surface area contributed by atoms with Gasteiger partial charge in [0.25, 0.3) is 0 Å². The number of hydrogen-bond acceptors (Lipinski definition) is 4. The molecule has 0 aliphatic carbocycles. The molecule has 1 fully saturated rings. The minimum Gasteiger partial charge on any atom is -0.480 e. The van der Waals surface area contributed by atoms with Crippen molar-refractivity contribution in [2.45, 2.75) is 31.7 Å². The first-order valence-corrected chi connectivity index (χ1v) is 6.56. The van der Waals surface area contributed by atoms with Crippen molar-refractivity contribution >= 4 is 16.0 Å². The summed E-state index contributed by atoms with van der Waals surface area (Å²) < 4.78 is 24.4. The lowest BCUT2D eigenvalue weighted by molar-refractivity contribution is -0.149. The Kier molecular flexibility index (Phi) is 3.55. The first-order chi connectivity index (χ1) is 7.34. The normalized spacial score (nSPS) is 27.2. The van der Waals surface area contributed by atoms with Crippen LogP contribution in [0.25, 0.3) is 0 Å². The minimum absolute atomic E-state index is 0.173. The summed E-state index contributed by atoms with van der Waals surface area (Å²) in [6.45, 7) is 1.57. The van der Waals surface area contributed by atoms with E-state index in [1.165, 1.54) is 6.92 Å². The van der Waals surface area contributed by atoms with E-state index < -0.39 is 27.3 Å². The van der Waals surface area contributed by atoms with Crippen LogP contribution in [0.1, 0.15) is 26.2 Å². The van der Waals surface area contributed by atoms with Gasteiger partial charge >= 0.3 is 5.97 Å². The zero-order valence-electron chi connectivity index (χ0n) is 9.01. The Morgan fingerprint density at radius 2 is 2.19 bits per heavy atom. The lowest BCUT2D eigenvalue weighted by Gasteiger charge is -2.39. The molecule has 1 aliphatic heterocycles. The van der Waals surface area contributed by atoms with Crippen LogP contribution in [-0.4, -0.2) is 41.6 Å². The molecule has 0 aromatic rings. The molecule has 1 rings (SSSR count). The molecule has 0 aromatic heterocycles. The summed E-state index contributed by atoms with van der Waals surface area (Å²) in [6, 6.07) is 1.56. The van der Waals surface area contributed by atoms with Crippen LogP contribution in [0.3, 0.4) is 0 Å². The van der Waals surface area contributed by atoms with Crippen LogP contribution >= 0.6 is 0 Å². The average molecular weight is 246 g/mol. The van der Waals surface area contributed by atoms with Crippen molar-refractivity contribution in [2.24, 2.45) is 0 Å². The molecule has 1 N–H and O–H groups in total. The molecule has 1 atom stereocenters. The first kappa shape index (κ1) is 12.9. The lowest BCUT2D eigenvalue weighted by atomic mass is 9.91. The van der Waals surface area contributed by atoms with Gasteiger partial charge in [-0.3, -0.25) is 4.79 Å². The molecule has 1 aliphatic rings. The lowest BCUT2D eigenvalue weighted by Crippen LogP contribution is -2.57. The highest BCUT2D eigenvalue weighted by atomic mass is 32.2. The van der Waals surface area contributed by atoms with E-state index in [-0.39, 0.29) is 13.0 Å². The highest BCUT2D eigenvalue weighted by molar-refractivity contribution is 7.89. The van der Waals surface area contributed by atoms with Gasteiger partial charge < -0.3 is 5.11 Å². The molecule has 0 aromatic carbocycles. The van der Waals surface area contributed by atoms with E-state index in [0.717, 1.165) is 4.31 Å². The number of rotatable bonds is 3. The predicted molar refractivity (Wildman–Crippen MR) is 56.0 cm³/mol. The largest absolute Gasteiger partial charge is 0.480 e. The van der Waals surface area contributed by atoms with E-state index in [4.69, 9.17) is 10.4 Å². The maximum atomic E-state index is 11.7. The SMILES string of the molecule is CC1(C(=O)O)CCCCN1S(=O)(=O)CC#N. The number of nitriles is 1. The molecule has 1 saturated heterocycles. The molecule has 16 heavy (non-hydrogen) atoms. The van der Waals surface area contributed by atoms with Gasteiger partial charge in [0.2, 0.25) is 10.0 Å². The summed E-state index contributed by atoms with van der Waals surface area (Å²) in [5.74, 6) is -1.83. The van der Waals surface area contributed by atoms with E-state index >= 15 is 0 Å². The highest BCUT2D eigenvalue weighted by Crippen LogP contribution is 2.30. The van der Waals surface area contributed by atoms with Gasteiger partial charge in [-0.25, -0.2) is 8.42 Å². The number of hydrogen-bond donors (Lipinski definition) is 1. The summed E-state index contributed by atoms with van der Waals surface area (Å²) in [7, 11) is -3.79. The molecule has 1 unspecified atom stereocenters. The third-order valence-corrected chi connectivity index (χ3v) is 4.62. The molecular formula is C9H14N2O4S. The van der Waals surface area contributed by atoms with Crippen LogP contribution in [0, 0.1) is 11.3 Å². The number of carboxylic acid groups (broad SMARTS) is 1. The second-order valence-electron chi connectivity index (χ2n) is 4.02. The quantitative estimate of drug-likeness (QED) is 0.765. The number of sulfonamides is 1. The van der Waals surface area contributed by atoms with Gasteiger partial charge in [0.1, 0.15) is 5.54 Å². The van der Waals surface area contributed by atoms with Gasteiger partial charge in [-0.2, -0.15) is 9.57 Å². The number of carbonyl (C=O) groups is 1. The Balaban J connectivity index is 3.10. The number of aliphatic carboxylic acids is 1.